The maximum absolute atomic E-state index is 10.5. The summed E-state index contributed by atoms with van der Waals surface area (Å²) in [5.41, 5.74) is 0.653. The highest BCUT2D eigenvalue weighted by Crippen LogP contribution is 2.40. The third-order valence-corrected chi connectivity index (χ3v) is 4.87. The number of rotatable bonds is 3. The fourth-order valence-corrected chi connectivity index (χ4v) is 3.39. The van der Waals surface area contributed by atoms with Gasteiger partial charge < -0.3 is 14.6 Å². The predicted octanol–water partition coefficient (Wildman–Crippen LogP) is 3.82. The van der Waals surface area contributed by atoms with Crippen LogP contribution in [0.15, 0.2) is 24.3 Å². The van der Waals surface area contributed by atoms with Crippen LogP contribution in [0.4, 0.5) is 0 Å². The quantitative estimate of drug-likeness (QED) is 0.936. The van der Waals surface area contributed by atoms with Gasteiger partial charge in [-0.2, -0.15) is 0 Å². The van der Waals surface area contributed by atoms with Crippen molar-refractivity contribution in [2.75, 3.05) is 13.2 Å². The van der Waals surface area contributed by atoms with E-state index in [9.17, 15) is 5.11 Å². The van der Waals surface area contributed by atoms with Crippen molar-refractivity contribution in [2.45, 2.75) is 19.4 Å². The Morgan fingerprint density at radius 3 is 2.60 bits per heavy atom. The molecule has 1 unspecified atom stereocenters. The van der Waals surface area contributed by atoms with Crippen LogP contribution in [0.3, 0.4) is 0 Å². The highest BCUT2D eigenvalue weighted by atomic mass is 35.5. The molecule has 1 aliphatic heterocycles. The van der Waals surface area contributed by atoms with Gasteiger partial charge in [-0.3, -0.25) is 0 Å². The van der Waals surface area contributed by atoms with E-state index in [2.05, 4.69) is 6.92 Å². The van der Waals surface area contributed by atoms with Crippen molar-refractivity contribution < 1.29 is 14.6 Å². The van der Waals surface area contributed by atoms with Crippen LogP contribution in [-0.4, -0.2) is 18.3 Å². The molecule has 0 saturated carbocycles. The van der Waals surface area contributed by atoms with Gasteiger partial charge in [-0.05, 0) is 24.6 Å². The Morgan fingerprint density at radius 2 is 1.95 bits per heavy atom. The normalized spacial score (nSPS) is 15.2. The molecule has 1 N–H and O–H groups in total. The van der Waals surface area contributed by atoms with Gasteiger partial charge in [0.15, 0.2) is 11.5 Å². The molecule has 3 rings (SSSR count). The molecule has 2 heterocycles. The van der Waals surface area contributed by atoms with E-state index in [-0.39, 0.29) is 0 Å². The second-order valence-electron chi connectivity index (χ2n) is 4.58. The molecule has 1 aliphatic rings. The summed E-state index contributed by atoms with van der Waals surface area (Å²) in [6, 6.07) is 7.46. The van der Waals surface area contributed by atoms with Gasteiger partial charge in [-0.1, -0.05) is 18.5 Å². The van der Waals surface area contributed by atoms with Crippen LogP contribution < -0.4 is 9.47 Å². The standard InChI is InChI=1S/C15H15ClO3S/c1-2-9-3-4-14(20-9)15(17)10-7-12-13(8-11(10)16)19-6-5-18-12/h3-4,7-8,15,17H,2,5-6H2,1H3. The molecule has 0 saturated heterocycles. The number of hydrogen-bond donors (Lipinski definition) is 1. The highest BCUT2D eigenvalue weighted by molar-refractivity contribution is 7.12. The first-order valence-corrected chi connectivity index (χ1v) is 7.74. The summed E-state index contributed by atoms with van der Waals surface area (Å²) in [6.45, 7) is 3.14. The van der Waals surface area contributed by atoms with Crippen molar-refractivity contribution >= 4 is 22.9 Å². The number of aliphatic hydroxyl groups is 1. The first-order valence-electron chi connectivity index (χ1n) is 6.54. The van der Waals surface area contributed by atoms with Gasteiger partial charge in [0.25, 0.3) is 0 Å². The Kier molecular flexibility index (Phi) is 3.87. The highest BCUT2D eigenvalue weighted by Gasteiger charge is 2.21. The van der Waals surface area contributed by atoms with E-state index in [1.54, 1.807) is 23.5 Å². The Morgan fingerprint density at radius 1 is 1.25 bits per heavy atom. The number of halogens is 1. The third kappa shape index (κ3) is 2.51. The van der Waals surface area contributed by atoms with Crippen LogP contribution in [0.2, 0.25) is 5.02 Å². The van der Waals surface area contributed by atoms with E-state index in [0.29, 0.717) is 35.3 Å². The minimum atomic E-state index is -0.733. The maximum Gasteiger partial charge on any atom is 0.162 e. The Hall–Kier alpha value is -1.23. The van der Waals surface area contributed by atoms with Crippen molar-refractivity contribution in [3.8, 4) is 11.5 Å². The molecule has 1 aromatic heterocycles. The van der Waals surface area contributed by atoms with Gasteiger partial charge in [-0.15, -0.1) is 11.3 Å². The number of ether oxygens (including phenoxy) is 2. The summed E-state index contributed by atoms with van der Waals surface area (Å²) in [7, 11) is 0. The van der Waals surface area contributed by atoms with Gasteiger partial charge in [0, 0.05) is 21.4 Å². The first kappa shape index (κ1) is 13.7. The molecule has 2 aromatic rings. The summed E-state index contributed by atoms with van der Waals surface area (Å²) in [4.78, 5) is 2.13. The van der Waals surface area contributed by atoms with E-state index in [1.165, 1.54) is 4.88 Å². The molecular weight excluding hydrogens is 296 g/mol. The maximum atomic E-state index is 10.5. The van der Waals surface area contributed by atoms with Gasteiger partial charge in [-0.25, -0.2) is 0 Å². The van der Waals surface area contributed by atoms with Gasteiger partial charge in [0.2, 0.25) is 0 Å². The van der Waals surface area contributed by atoms with Crippen molar-refractivity contribution in [1.82, 2.24) is 0 Å². The first-order chi connectivity index (χ1) is 9.69. The Labute approximate surface area is 126 Å². The average Bonchev–Trinajstić information content (AvgIpc) is 2.94. The lowest BCUT2D eigenvalue weighted by Gasteiger charge is -2.21. The topological polar surface area (TPSA) is 38.7 Å². The van der Waals surface area contributed by atoms with E-state index in [1.807, 2.05) is 12.1 Å². The summed E-state index contributed by atoms with van der Waals surface area (Å²) in [5.74, 6) is 1.28. The average molecular weight is 311 g/mol. The number of benzene rings is 1. The van der Waals surface area contributed by atoms with Gasteiger partial charge in [0.1, 0.15) is 19.3 Å². The molecule has 0 fully saturated rings. The second-order valence-corrected chi connectivity index (χ2v) is 6.18. The molecule has 1 atom stereocenters. The molecule has 0 bridgehead atoms. The number of fused-ring (bicyclic) bond motifs is 1. The molecule has 0 radical (unpaired) electrons. The summed E-state index contributed by atoms with van der Waals surface area (Å²) in [5, 5.41) is 11.0. The van der Waals surface area contributed by atoms with E-state index in [4.69, 9.17) is 21.1 Å². The zero-order chi connectivity index (χ0) is 14.1. The summed E-state index contributed by atoms with van der Waals surface area (Å²) in [6.07, 6.45) is 0.232. The zero-order valence-corrected chi connectivity index (χ0v) is 12.6. The monoisotopic (exact) mass is 310 g/mol. The van der Waals surface area contributed by atoms with E-state index in [0.717, 1.165) is 11.3 Å². The van der Waals surface area contributed by atoms with Crippen LogP contribution in [0.25, 0.3) is 0 Å². The number of thiophene rings is 1. The van der Waals surface area contributed by atoms with Crippen LogP contribution >= 0.6 is 22.9 Å². The number of aliphatic hydroxyl groups excluding tert-OH is 1. The van der Waals surface area contributed by atoms with Crippen LogP contribution in [0.5, 0.6) is 11.5 Å². The molecule has 0 amide bonds. The fraction of sp³-hybridized carbons (Fsp3) is 0.333. The van der Waals surface area contributed by atoms with E-state index < -0.39 is 6.10 Å². The second kappa shape index (κ2) is 5.64. The zero-order valence-electron chi connectivity index (χ0n) is 11.1. The lowest BCUT2D eigenvalue weighted by molar-refractivity contribution is 0.170. The molecule has 20 heavy (non-hydrogen) atoms. The van der Waals surface area contributed by atoms with Crippen molar-refractivity contribution in [3.05, 3.63) is 44.6 Å². The van der Waals surface area contributed by atoms with Crippen LogP contribution in [0, 0.1) is 0 Å². The molecule has 0 spiro atoms. The molecule has 106 valence electrons. The summed E-state index contributed by atoms with van der Waals surface area (Å²) < 4.78 is 11.0. The number of hydrogen-bond acceptors (Lipinski definition) is 4. The molecule has 5 heteroatoms. The molecule has 1 aromatic carbocycles. The van der Waals surface area contributed by atoms with E-state index >= 15 is 0 Å². The van der Waals surface area contributed by atoms with Crippen LogP contribution in [-0.2, 0) is 6.42 Å². The largest absolute Gasteiger partial charge is 0.486 e. The predicted molar refractivity (Wildman–Crippen MR) is 80.2 cm³/mol. The Balaban J connectivity index is 1.96. The third-order valence-electron chi connectivity index (χ3n) is 3.26. The lowest BCUT2D eigenvalue weighted by atomic mass is 10.1. The fourth-order valence-electron chi connectivity index (χ4n) is 2.17. The van der Waals surface area contributed by atoms with Crippen molar-refractivity contribution in [2.24, 2.45) is 0 Å². The molecule has 0 aliphatic carbocycles. The molecular formula is C15H15ClO3S. The Bertz CT molecular complexity index is 624. The van der Waals surface area contributed by atoms with Gasteiger partial charge in [0.05, 0.1) is 5.02 Å². The molecule has 3 nitrogen and oxygen atoms in total. The number of aryl methyl sites for hydroxylation is 1. The summed E-state index contributed by atoms with van der Waals surface area (Å²) >= 11 is 7.86. The lowest BCUT2D eigenvalue weighted by Crippen LogP contribution is -2.16. The minimum Gasteiger partial charge on any atom is -0.486 e. The van der Waals surface area contributed by atoms with Crippen molar-refractivity contribution in [1.29, 1.82) is 0 Å². The smallest absolute Gasteiger partial charge is 0.162 e. The minimum absolute atomic E-state index is 0.494. The van der Waals surface area contributed by atoms with Gasteiger partial charge >= 0.3 is 0 Å². The van der Waals surface area contributed by atoms with Crippen molar-refractivity contribution in [3.63, 3.8) is 0 Å². The SMILES string of the molecule is CCc1ccc(C(O)c2cc3c(cc2Cl)OCCO3)s1. The van der Waals surface area contributed by atoms with Crippen LogP contribution in [0.1, 0.15) is 28.3 Å².